The van der Waals surface area contributed by atoms with Crippen LogP contribution in [0.4, 0.5) is 5.69 Å². The molecule has 0 aliphatic carbocycles. The van der Waals surface area contributed by atoms with Crippen molar-refractivity contribution in [1.82, 2.24) is 4.31 Å². The first-order valence-electron chi connectivity index (χ1n) is 9.37. The molecule has 1 fully saturated rings. The summed E-state index contributed by atoms with van der Waals surface area (Å²) >= 11 is 0. The zero-order valence-electron chi connectivity index (χ0n) is 16.7. The van der Waals surface area contributed by atoms with Crippen molar-refractivity contribution in [3.05, 3.63) is 60.7 Å². The van der Waals surface area contributed by atoms with E-state index in [1.165, 1.54) is 29.6 Å². The van der Waals surface area contributed by atoms with Gasteiger partial charge < -0.3 is 19.5 Å². The highest BCUT2D eigenvalue weighted by Crippen LogP contribution is 2.26. The molecular weight excluding hydrogens is 408 g/mol. The lowest BCUT2D eigenvalue weighted by molar-refractivity contribution is 0.0730. The Morgan fingerprint density at radius 3 is 2.70 bits per heavy atom. The Balaban J connectivity index is 1.86. The van der Waals surface area contributed by atoms with E-state index < -0.39 is 15.9 Å². The summed E-state index contributed by atoms with van der Waals surface area (Å²) in [6, 6.07) is 11.1. The molecule has 2 aromatic rings. The van der Waals surface area contributed by atoms with E-state index in [0.717, 1.165) is 0 Å². The number of hydrogen-bond donors (Lipinski definition) is 1. The van der Waals surface area contributed by atoms with Gasteiger partial charge in [-0.2, -0.15) is 4.31 Å². The molecule has 0 spiro atoms. The molecule has 1 aliphatic rings. The Bertz CT molecular complexity index is 1020. The van der Waals surface area contributed by atoms with Gasteiger partial charge in [-0.15, -0.1) is 0 Å². The largest absolute Gasteiger partial charge is 0.496 e. The Morgan fingerprint density at radius 2 is 2.00 bits per heavy atom. The minimum Gasteiger partial charge on any atom is -0.496 e. The molecule has 1 amide bonds. The number of methoxy groups -OCH3 is 1. The molecule has 0 aromatic heterocycles. The maximum absolute atomic E-state index is 12.9. The van der Waals surface area contributed by atoms with E-state index in [1.54, 1.807) is 30.3 Å². The van der Waals surface area contributed by atoms with Gasteiger partial charge in [0.25, 0.3) is 5.91 Å². The zero-order valence-corrected chi connectivity index (χ0v) is 17.5. The molecule has 9 heteroatoms. The number of hydrogen-bond acceptors (Lipinski definition) is 6. The summed E-state index contributed by atoms with van der Waals surface area (Å²) in [4.78, 5) is 12.9. The van der Waals surface area contributed by atoms with Crippen LogP contribution in [0.3, 0.4) is 0 Å². The average molecular weight is 432 g/mol. The van der Waals surface area contributed by atoms with E-state index in [-0.39, 0.29) is 29.3 Å². The fraction of sp³-hybridized carbons (Fsp3) is 0.286. The van der Waals surface area contributed by atoms with Crippen LogP contribution < -0.4 is 14.8 Å². The molecular formula is C21H24N2O6S. The van der Waals surface area contributed by atoms with E-state index in [1.807, 2.05) is 0 Å². The number of carbonyl (C=O) groups excluding carboxylic acids is 1. The van der Waals surface area contributed by atoms with Crippen molar-refractivity contribution >= 4 is 21.6 Å². The third-order valence-electron chi connectivity index (χ3n) is 4.48. The van der Waals surface area contributed by atoms with Gasteiger partial charge in [0, 0.05) is 24.8 Å². The lowest BCUT2D eigenvalue weighted by Crippen LogP contribution is -2.40. The van der Waals surface area contributed by atoms with E-state index in [2.05, 4.69) is 11.9 Å². The summed E-state index contributed by atoms with van der Waals surface area (Å²) in [6.07, 6.45) is 1.62. The van der Waals surface area contributed by atoms with Crippen LogP contribution in [0.25, 0.3) is 0 Å². The van der Waals surface area contributed by atoms with E-state index in [9.17, 15) is 13.2 Å². The van der Waals surface area contributed by atoms with Gasteiger partial charge in [-0.05, 0) is 30.3 Å². The third-order valence-corrected chi connectivity index (χ3v) is 6.38. The van der Waals surface area contributed by atoms with Crippen LogP contribution in [-0.2, 0) is 14.8 Å². The van der Waals surface area contributed by atoms with Crippen molar-refractivity contribution in [2.24, 2.45) is 0 Å². The number of amides is 1. The van der Waals surface area contributed by atoms with Gasteiger partial charge in [0.05, 0.1) is 30.8 Å². The molecule has 160 valence electrons. The summed E-state index contributed by atoms with van der Waals surface area (Å²) in [7, 11) is -2.32. The smallest absolute Gasteiger partial charge is 0.259 e. The lowest BCUT2D eigenvalue weighted by atomic mass is 10.2. The number of sulfonamides is 1. The predicted molar refractivity (Wildman–Crippen MR) is 113 cm³/mol. The van der Waals surface area contributed by atoms with Crippen LogP contribution in [0, 0.1) is 0 Å². The molecule has 1 N–H and O–H groups in total. The number of carbonyl (C=O) groups is 1. The Kier molecular flexibility index (Phi) is 7.09. The maximum atomic E-state index is 12.9. The first-order valence-corrected chi connectivity index (χ1v) is 10.8. The van der Waals surface area contributed by atoms with Crippen molar-refractivity contribution in [1.29, 1.82) is 0 Å². The standard InChI is InChI=1S/C21H24N2O6S/c1-3-11-29-17-6-4-5-16(14-17)22-21(24)19-15-18(7-8-20(19)27-2)30(25,26)23-9-12-28-13-10-23/h3-8,14-15H,1,9-13H2,2H3,(H,22,24). The highest BCUT2D eigenvalue weighted by atomic mass is 32.2. The molecule has 0 radical (unpaired) electrons. The highest BCUT2D eigenvalue weighted by Gasteiger charge is 2.28. The molecule has 1 saturated heterocycles. The number of anilines is 1. The van der Waals surface area contributed by atoms with Crippen LogP contribution >= 0.6 is 0 Å². The van der Waals surface area contributed by atoms with Gasteiger partial charge in [0.15, 0.2) is 0 Å². The number of ether oxygens (including phenoxy) is 3. The van der Waals surface area contributed by atoms with Crippen LogP contribution in [0.15, 0.2) is 60.0 Å². The Morgan fingerprint density at radius 1 is 1.23 bits per heavy atom. The molecule has 0 bridgehead atoms. The second-order valence-corrected chi connectivity index (χ2v) is 8.40. The van der Waals surface area contributed by atoms with Crippen molar-refractivity contribution in [3.8, 4) is 11.5 Å². The summed E-state index contributed by atoms with van der Waals surface area (Å²) in [6.45, 7) is 5.16. The molecule has 8 nitrogen and oxygen atoms in total. The maximum Gasteiger partial charge on any atom is 0.259 e. The molecule has 3 rings (SSSR count). The van der Waals surface area contributed by atoms with Gasteiger partial charge in [-0.1, -0.05) is 18.7 Å². The minimum absolute atomic E-state index is 0.0263. The first-order chi connectivity index (χ1) is 14.5. The third kappa shape index (κ3) is 4.99. The summed E-state index contributed by atoms with van der Waals surface area (Å²) < 4.78 is 43.2. The fourth-order valence-corrected chi connectivity index (χ4v) is 4.41. The van der Waals surface area contributed by atoms with Crippen molar-refractivity contribution in [2.45, 2.75) is 4.90 Å². The number of nitrogens with one attached hydrogen (secondary N) is 1. The number of nitrogens with zero attached hydrogens (tertiary/aromatic N) is 1. The minimum atomic E-state index is -3.74. The fourth-order valence-electron chi connectivity index (χ4n) is 2.98. The number of rotatable bonds is 8. The first kappa shape index (κ1) is 21.8. The average Bonchev–Trinajstić information content (AvgIpc) is 2.78. The summed E-state index contributed by atoms with van der Waals surface area (Å²) in [5.41, 5.74) is 0.620. The highest BCUT2D eigenvalue weighted by molar-refractivity contribution is 7.89. The monoisotopic (exact) mass is 432 g/mol. The molecule has 0 atom stereocenters. The van der Waals surface area contributed by atoms with Crippen molar-refractivity contribution in [3.63, 3.8) is 0 Å². The Hall–Kier alpha value is -2.88. The van der Waals surface area contributed by atoms with Gasteiger partial charge in [-0.3, -0.25) is 4.79 Å². The number of morpholine rings is 1. The second-order valence-electron chi connectivity index (χ2n) is 6.46. The molecule has 0 unspecified atom stereocenters. The van der Waals surface area contributed by atoms with E-state index >= 15 is 0 Å². The SMILES string of the molecule is C=CCOc1cccc(NC(=O)c2cc(S(=O)(=O)N3CCOCC3)ccc2OC)c1. The van der Waals surface area contributed by atoms with Crippen LogP contribution in [-0.4, -0.2) is 58.7 Å². The van der Waals surface area contributed by atoms with Gasteiger partial charge in [0.2, 0.25) is 10.0 Å². The quantitative estimate of drug-likeness (QED) is 0.645. The van der Waals surface area contributed by atoms with E-state index in [0.29, 0.717) is 31.3 Å². The van der Waals surface area contributed by atoms with Gasteiger partial charge >= 0.3 is 0 Å². The Labute approximate surface area is 176 Å². The van der Waals surface area contributed by atoms with Crippen LogP contribution in [0.1, 0.15) is 10.4 Å². The summed E-state index contributed by atoms with van der Waals surface area (Å²) in [5.74, 6) is 0.350. The lowest BCUT2D eigenvalue weighted by Gasteiger charge is -2.26. The molecule has 0 saturated carbocycles. The van der Waals surface area contributed by atoms with Gasteiger partial charge in [0.1, 0.15) is 18.1 Å². The predicted octanol–water partition coefficient (Wildman–Crippen LogP) is 2.53. The zero-order chi connectivity index (χ0) is 21.6. The summed E-state index contributed by atoms with van der Waals surface area (Å²) in [5, 5.41) is 2.75. The number of benzene rings is 2. The van der Waals surface area contributed by atoms with Crippen LogP contribution in [0.2, 0.25) is 0 Å². The molecule has 2 aromatic carbocycles. The second kappa shape index (κ2) is 9.75. The van der Waals surface area contributed by atoms with Crippen molar-refractivity contribution < 1.29 is 27.4 Å². The van der Waals surface area contributed by atoms with E-state index in [4.69, 9.17) is 14.2 Å². The topological polar surface area (TPSA) is 94.2 Å². The van der Waals surface area contributed by atoms with Gasteiger partial charge in [-0.25, -0.2) is 8.42 Å². The molecule has 30 heavy (non-hydrogen) atoms. The normalized spacial score (nSPS) is 14.7. The van der Waals surface area contributed by atoms with Crippen LogP contribution in [0.5, 0.6) is 11.5 Å². The van der Waals surface area contributed by atoms with Crippen molar-refractivity contribution in [2.75, 3.05) is 45.3 Å². The molecule has 1 heterocycles. The molecule has 1 aliphatic heterocycles.